The average molecular weight is 418 g/mol. The Balaban J connectivity index is 1.74. The van der Waals surface area contributed by atoms with Gasteiger partial charge in [0, 0.05) is 10.9 Å². The summed E-state index contributed by atoms with van der Waals surface area (Å²) < 4.78 is 1.85. The molecule has 0 bridgehead atoms. The van der Waals surface area contributed by atoms with Gasteiger partial charge in [0.25, 0.3) is 0 Å². The van der Waals surface area contributed by atoms with Crippen LogP contribution in [0.3, 0.4) is 0 Å². The number of imidazole rings is 1. The van der Waals surface area contributed by atoms with Gasteiger partial charge in [0.05, 0.1) is 22.5 Å². The van der Waals surface area contributed by atoms with Crippen molar-refractivity contribution in [3.63, 3.8) is 0 Å². The van der Waals surface area contributed by atoms with Crippen molar-refractivity contribution in [2.24, 2.45) is 0 Å². The molecule has 28 heavy (non-hydrogen) atoms. The number of hydrogen-bond donors (Lipinski definition) is 2. The zero-order valence-electron chi connectivity index (χ0n) is 16.3. The molecule has 9 heteroatoms. The smallest absolute Gasteiger partial charge is 0.240 e. The summed E-state index contributed by atoms with van der Waals surface area (Å²) in [6.45, 7) is 7.85. The molecule has 0 unspecified atom stereocenters. The first kappa shape index (κ1) is 20.3. The highest BCUT2D eigenvalue weighted by Gasteiger charge is 2.18. The van der Waals surface area contributed by atoms with Crippen molar-refractivity contribution in [2.45, 2.75) is 44.9 Å². The van der Waals surface area contributed by atoms with E-state index in [2.05, 4.69) is 20.6 Å². The maximum Gasteiger partial charge on any atom is 0.240 e. The fraction of sp³-hybridized carbons (Fsp3) is 0.368. The lowest BCUT2D eigenvalue weighted by molar-refractivity contribution is -0.123. The molecular formula is C19H23N5O2S2. The van der Waals surface area contributed by atoms with Crippen LogP contribution < -0.4 is 10.6 Å². The molecule has 1 aromatic carbocycles. The monoisotopic (exact) mass is 417 g/mol. The fourth-order valence-corrected chi connectivity index (χ4v) is 4.13. The van der Waals surface area contributed by atoms with Crippen molar-refractivity contribution in [1.29, 1.82) is 0 Å². The van der Waals surface area contributed by atoms with Gasteiger partial charge in [-0.3, -0.25) is 9.59 Å². The summed E-state index contributed by atoms with van der Waals surface area (Å²) in [5.41, 5.74) is 2.22. The number of thioether (sulfide) groups is 1. The summed E-state index contributed by atoms with van der Waals surface area (Å²) >= 11 is 2.70. The van der Waals surface area contributed by atoms with Crippen molar-refractivity contribution >= 4 is 51.1 Å². The Morgan fingerprint density at radius 3 is 2.61 bits per heavy atom. The van der Waals surface area contributed by atoms with Gasteiger partial charge in [0.2, 0.25) is 11.8 Å². The first-order valence-electron chi connectivity index (χ1n) is 8.82. The number of nitrogens with zero attached hydrogens (tertiary/aromatic N) is 3. The number of fused-ring (bicyclic) bond motifs is 1. The minimum atomic E-state index is -0.313. The van der Waals surface area contributed by atoms with E-state index in [1.807, 2.05) is 61.9 Å². The van der Waals surface area contributed by atoms with Crippen LogP contribution in [0.2, 0.25) is 0 Å². The Hall–Kier alpha value is -2.39. The molecule has 3 aromatic rings. The summed E-state index contributed by atoms with van der Waals surface area (Å²) in [5, 5.41) is 8.86. The number of carbonyl (C=O) groups excluding carboxylic acids is 2. The molecular weight excluding hydrogens is 394 g/mol. The molecule has 7 nitrogen and oxygen atoms in total. The number of aryl methyl sites for hydroxylation is 1. The van der Waals surface area contributed by atoms with Gasteiger partial charge in [-0.25, -0.2) is 9.97 Å². The second-order valence-electron chi connectivity index (χ2n) is 7.40. The van der Waals surface area contributed by atoms with E-state index in [9.17, 15) is 9.59 Å². The number of rotatable bonds is 6. The van der Waals surface area contributed by atoms with Gasteiger partial charge in [-0.1, -0.05) is 23.9 Å². The number of carbonyl (C=O) groups is 2. The van der Waals surface area contributed by atoms with Crippen LogP contribution >= 0.6 is 23.1 Å². The number of thiazole rings is 1. The summed E-state index contributed by atoms with van der Waals surface area (Å²) in [4.78, 5) is 33.5. The van der Waals surface area contributed by atoms with E-state index in [1.54, 1.807) is 0 Å². The number of aromatic nitrogens is 3. The average Bonchev–Trinajstić information content (AvgIpc) is 3.15. The van der Waals surface area contributed by atoms with Crippen LogP contribution in [-0.2, 0) is 16.1 Å². The maximum absolute atomic E-state index is 12.4. The molecule has 0 spiro atoms. The van der Waals surface area contributed by atoms with Gasteiger partial charge in [0.15, 0.2) is 10.3 Å². The highest BCUT2D eigenvalue weighted by Crippen LogP contribution is 2.24. The molecule has 0 aliphatic carbocycles. The zero-order chi connectivity index (χ0) is 20.3. The van der Waals surface area contributed by atoms with Gasteiger partial charge in [-0.15, -0.1) is 11.3 Å². The Bertz CT molecular complexity index is 1000. The second-order valence-corrected chi connectivity index (χ2v) is 9.20. The predicted octanol–water partition coefficient (Wildman–Crippen LogP) is 3.45. The Kier molecular flexibility index (Phi) is 6.04. The highest BCUT2D eigenvalue weighted by atomic mass is 32.2. The minimum absolute atomic E-state index is 0.0970. The fourth-order valence-electron chi connectivity index (χ4n) is 2.61. The van der Waals surface area contributed by atoms with Crippen molar-refractivity contribution in [2.75, 3.05) is 11.1 Å². The lowest BCUT2D eigenvalue weighted by Gasteiger charge is -2.21. The van der Waals surface area contributed by atoms with Gasteiger partial charge in [0.1, 0.15) is 6.54 Å². The SMILES string of the molecule is Cc1csc(NC(=O)CSc2nc3ccccc3n2CC(=O)NC(C)(C)C)n1. The lowest BCUT2D eigenvalue weighted by atomic mass is 10.1. The van der Waals surface area contributed by atoms with Crippen LogP contribution in [0, 0.1) is 6.92 Å². The van der Waals surface area contributed by atoms with Crippen LogP contribution in [0.4, 0.5) is 5.13 Å². The quantitative estimate of drug-likeness (QED) is 0.600. The molecule has 2 amide bonds. The standard InChI is InChI=1S/C19H23N5O2S2/c1-12-10-27-17(20-12)22-16(26)11-28-18-21-13-7-5-6-8-14(13)24(18)9-15(25)23-19(2,3)4/h5-8,10H,9,11H2,1-4H3,(H,23,25)(H,20,22,26). The first-order chi connectivity index (χ1) is 13.2. The number of hydrogen-bond acceptors (Lipinski definition) is 6. The van der Waals surface area contributed by atoms with Gasteiger partial charge >= 0.3 is 0 Å². The number of nitrogens with one attached hydrogen (secondary N) is 2. The van der Waals surface area contributed by atoms with Crippen LogP contribution in [0.25, 0.3) is 11.0 Å². The predicted molar refractivity (Wildman–Crippen MR) is 114 cm³/mol. The molecule has 0 aliphatic rings. The third-order valence-corrected chi connectivity index (χ3v) is 5.49. The molecule has 2 N–H and O–H groups in total. The second kappa shape index (κ2) is 8.32. The van der Waals surface area contributed by atoms with Gasteiger partial charge < -0.3 is 15.2 Å². The van der Waals surface area contributed by atoms with Gasteiger partial charge in [-0.2, -0.15) is 0 Å². The van der Waals surface area contributed by atoms with Gasteiger partial charge in [-0.05, 0) is 39.8 Å². The molecule has 0 saturated carbocycles. The maximum atomic E-state index is 12.4. The van der Waals surface area contributed by atoms with Crippen LogP contribution in [0.15, 0.2) is 34.8 Å². The summed E-state index contributed by atoms with van der Waals surface area (Å²) in [6.07, 6.45) is 0. The minimum Gasteiger partial charge on any atom is -0.350 e. The van der Waals surface area contributed by atoms with Crippen molar-refractivity contribution < 1.29 is 9.59 Å². The molecule has 0 aliphatic heterocycles. The van der Waals surface area contributed by atoms with E-state index in [1.165, 1.54) is 23.1 Å². The molecule has 2 heterocycles. The molecule has 2 aromatic heterocycles. The third-order valence-electron chi connectivity index (χ3n) is 3.63. The zero-order valence-corrected chi connectivity index (χ0v) is 17.9. The van der Waals surface area contributed by atoms with Crippen molar-refractivity contribution in [3.05, 3.63) is 35.3 Å². The van der Waals surface area contributed by atoms with Crippen LogP contribution in [0.5, 0.6) is 0 Å². The molecule has 0 saturated heterocycles. The Morgan fingerprint density at radius 1 is 1.18 bits per heavy atom. The molecule has 3 rings (SSSR count). The Labute approximate surface area is 171 Å². The largest absolute Gasteiger partial charge is 0.350 e. The molecule has 0 radical (unpaired) electrons. The summed E-state index contributed by atoms with van der Waals surface area (Å²) in [6, 6.07) is 7.64. The van der Waals surface area contributed by atoms with Crippen LogP contribution in [0.1, 0.15) is 26.5 Å². The number of benzene rings is 1. The van der Waals surface area contributed by atoms with Crippen LogP contribution in [-0.4, -0.2) is 37.6 Å². The molecule has 148 valence electrons. The normalized spacial score (nSPS) is 11.6. The number of anilines is 1. The van der Waals surface area contributed by atoms with E-state index < -0.39 is 0 Å². The number of amides is 2. The summed E-state index contributed by atoms with van der Waals surface area (Å²) in [5.74, 6) is -0.0691. The number of para-hydroxylation sites is 2. The lowest BCUT2D eigenvalue weighted by Crippen LogP contribution is -2.42. The van der Waals surface area contributed by atoms with E-state index in [4.69, 9.17) is 0 Å². The first-order valence-corrected chi connectivity index (χ1v) is 10.7. The highest BCUT2D eigenvalue weighted by molar-refractivity contribution is 7.99. The Morgan fingerprint density at radius 2 is 1.93 bits per heavy atom. The summed E-state index contributed by atoms with van der Waals surface area (Å²) in [7, 11) is 0. The topological polar surface area (TPSA) is 88.9 Å². The van der Waals surface area contributed by atoms with Crippen molar-refractivity contribution in [1.82, 2.24) is 19.9 Å². The van der Waals surface area contributed by atoms with E-state index >= 15 is 0 Å². The van der Waals surface area contributed by atoms with E-state index in [-0.39, 0.29) is 29.7 Å². The molecule has 0 atom stereocenters. The van der Waals surface area contributed by atoms with E-state index in [0.29, 0.717) is 10.3 Å². The third kappa shape index (κ3) is 5.32. The molecule has 0 fully saturated rings. The van der Waals surface area contributed by atoms with Crippen molar-refractivity contribution in [3.8, 4) is 0 Å². The van der Waals surface area contributed by atoms with E-state index in [0.717, 1.165) is 16.7 Å².